The number of benzene rings is 1. The third kappa shape index (κ3) is 5.81. The summed E-state index contributed by atoms with van der Waals surface area (Å²) in [6.45, 7) is 4.90. The first kappa shape index (κ1) is 19.9. The van der Waals surface area contributed by atoms with Gasteiger partial charge in [0, 0.05) is 31.9 Å². The summed E-state index contributed by atoms with van der Waals surface area (Å²) in [6, 6.07) is 3.84. The second-order valence-electron chi connectivity index (χ2n) is 5.39. The number of nitrogens with zero attached hydrogens (tertiary/aromatic N) is 1. The molecule has 0 radical (unpaired) electrons. The van der Waals surface area contributed by atoms with E-state index in [1.54, 1.807) is 0 Å². The molecular weight excluding hydrogens is 317 g/mol. The Kier molecular flexibility index (Phi) is 8.18. The number of carbonyl (C=O) groups is 2. The molecule has 1 aromatic rings. The number of rotatable bonds is 10. The van der Waals surface area contributed by atoms with E-state index in [-0.39, 0.29) is 23.8 Å². The molecule has 1 unspecified atom stereocenters. The number of halogens is 1. The summed E-state index contributed by atoms with van der Waals surface area (Å²) in [7, 11) is 1.32. The molecule has 0 aliphatic heterocycles. The minimum Gasteiger partial charge on any atom is -0.494 e. The first-order chi connectivity index (χ1) is 11.4. The second-order valence-corrected chi connectivity index (χ2v) is 5.39. The van der Waals surface area contributed by atoms with E-state index in [9.17, 15) is 14.0 Å². The maximum absolute atomic E-state index is 13.5. The second kappa shape index (κ2) is 9.87. The highest BCUT2D eigenvalue weighted by molar-refractivity contribution is 5.94. The SMILES string of the molecule is CCOCCCN(CC(C)C(=O)O)C(=O)c1ccc(F)c(OC)c1. The number of methoxy groups -OCH3 is 1. The van der Waals surface area contributed by atoms with Crippen molar-refractivity contribution in [2.45, 2.75) is 20.3 Å². The van der Waals surface area contributed by atoms with Crippen LogP contribution >= 0.6 is 0 Å². The minimum absolute atomic E-state index is 0.0265. The third-order valence-electron chi connectivity index (χ3n) is 3.52. The summed E-state index contributed by atoms with van der Waals surface area (Å²) in [5.74, 6) is -2.63. The van der Waals surface area contributed by atoms with Crippen LogP contribution in [0.2, 0.25) is 0 Å². The van der Waals surface area contributed by atoms with Crippen molar-refractivity contribution in [2.24, 2.45) is 5.92 Å². The van der Waals surface area contributed by atoms with Gasteiger partial charge in [-0.25, -0.2) is 4.39 Å². The van der Waals surface area contributed by atoms with Crippen LogP contribution in [0, 0.1) is 11.7 Å². The van der Waals surface area contributed by atoms with Crippen molar-refractivity contribution >= 4 is 11.9 Å². The standard InChI is InChI=1S/C17H24FNO5/c1-4-24-9-5-8-19(11-12(2)17(21)22)16(20)13-6-7-14(18)15(10-13)23-3/h6-7,10,12H,4-5,8-9,11H2,1-3H3,(H,21,22). The molecule has 0 saturated heterocycles. The van der Waals surface area contributed by atoms with Crippen LogP contribution in [0.3, 0.4) is 0 Å². The van der Waals surface area contributed by atoms with Gasteiger partial charge >= 0.3 is 5.97 Å². The summed E-state index contributed by atoms with van der Waals surface area (Å²) in [5, 5.41) is 9.08. The highest BCUT2D eigenvalue weighted by Gasteiger charge is 2.22. The average molecular weight is 341 g/mol. The van der Waals surface area contributed by atoms with Gasteiger partial charge in [0.25, 0.3) is 5.91 Å². The fourth-order valence-corrected chi connectivity index (χ4v) is 2.16. The molecule has 1 amide bonds. The first-order valence-corrected chi connectivity index (χ1v) is 7.84. The smallest absolute Gasteiger partial charge is 0.308 e. The van der Waals surface area contributed by atoms with E-state index < -0.39 is 17.7 Å². The predicted molar refractivity (Wildman–Crippen MR) is 86.8 cm³/mol. The van der Waals surface area contributed by atoms with E-state index in [2.05, 4.69) is 0 Å². The number of carbonyl (C=O) groups excluding carboxylic acids is 1. The monoisotopic (exact) mass is 341 g/mol. The Morgan fingerprint density at radius 1 is 1.38 bits per heavy atom. The van der Waals surface area contributed by atoms with Crippen molar-refractivity contribution in [3.05, 3.63) is 29.6 Å². The summed E-state index contributed by atoms with van der Waals surface area (Å²) in [6.07, 6.45) is 0.588. The number of carboxylic acids is 1. The Labute approximate surface area is 141 Å². The van der Waals surface area contributed by atoms with Crippen LogP contribution in [-0.4, -0.2) is 55.3 Å². The number of hydrogen-bond acceptors (Lipinski definition) is 4. The molecule has 134 valence electrons. The molecule has 7 heteroatoms. The Morgan fingerprint density at radius 3 is 2.67 bits per heavy atom. The van der Waals surface area contributed by atoms with Crippen LogP contribution in [-0.2, 0) is 9.53 Å². The summed E-state index contributed by atoms with van der Waals surface area (Å²) in [5.41, 5.74) is 0.252. The van der Waals surface area contributed by atoms with Gasteiger partial charge in [-0.05, 0) is 31.5 Å². The van der Waals surface area contributed by atoms with Crippen LogP contribution in [0.15, 0.2) is 18.2 Å². The van der Waals surface area contributed by atoms with Gasteiger partial charge in [-0.2, -0.15) is 0 Å². The molecule has 24 heavy (non-hydrogen) atoms. The van der Waals surface area contributed by atoms with E-state index in [1.807, 2.05) is 6.92 Å². The van der Waals surface area contributed by atoms with Crippen LogP contribution in [0.4, 0.5) is 4.39 Å². The van der Waals surface area contributed by atoms with Crippen LogP contribution in [0.5, 0.6) is 5.75 Å². The Hall–Kier alpha value is -2.15. The van der Waals surface area contributed by atoms with E-state index in [1.165, 1.54) is 31.1 Å². The van der Waals surface area contributed by atoms with E-state index in [0.717, 1.165) is 6.07 Å². The molecule has 1 N–H and O–H groups in total. The number of hydrogen-bond donors (Lipinski definition) is 1. The maximum Gasteiger partial charge on any atom is 0.308 e. The molecule has 0 heterocycles. The van der Waals surface area contributed by atoms with E-state index in [0.29, 0.717) is 26.2 Å². The third-order valence-corrected chi connectivity index (χ3v) is 3.52. The van der Waals surface area contributed by atoms with Crippen molar-refractivity contribution < 1.29 is 28.6 Å². The Morgan fingerprint density at radius 2 is 2.08 bits per heavy atom. The molecule has 0 aliphatic rings. The van der Waals surface area contributed by atoms with Gasteiger partial charge in [-0.3, -0.25) is 9.59 Å². The summed E-state index contributed by atoms with van der Waals surface area (Å²) in [4.78, 5) is 25.2. The Bertz CT molecular complexity index is 564. The summed E-state index contributed by atoms with van der Waals surface area (Å²) < 4.78 is 23.6. The Balaban J connectivity index is 2.90. The lowest BCUT2D eigenvalue weighted by Crippen LogP contribution is -2.38. The molecule has 0 saturated carbocycles. The fourth-order valence-electron chi connectivity index (χ4n) is 2.16. The highest BCUT2D eigenvalue weighted by Crippen LogP contribution is 2.20. The molecule has 0 fully saturated rings. The van der Waals surface area contributed by atoms with Gasteiger partial charge in [0.1, 0.15) is 0 Å². The number of aliphatic carboxylic acids is 1. The topological polar surface area (TPSA) is 76.1 Å². The molecule has 1 aromatic carbocycles. The lowest BCUT2D eigenvalue weighted by molar-refractivity contribution is -0.141. The average Bonchev–Trinajstić information content (AvgIpc) is 2.57. The zero-order valence-electron chi connectivity index (χ0n) is 14.3. The van der Waals surface area contributed by atoms with Gasteiger partial charge in [-0.15, -0.1) is 0 Å². The lowest BCUT2D eigenvalue weighted by atomic mass is 10.1. The zero-order valence-corrected chi connectivity index (χ0v) is 14.3. The van der Waals surface area contributed by atoms with Crippen LogP contribution in [0.25, 0.3) is 0 Å². The molecule has 6 nitrogen and oxygen atoms in total. The van der Waals surface area contributed by atoms with Gasteiger partial charge in [0.05, 0.1) is 13.0 Å². The largest absolute Gasteiger partial charge is 0.494 e. The molecular formula is C17H24FNO5. The summed E-state index contributed by atoms with van der Waals surface area (Å²) >= 11 is 0. The van der Waals surface area contributed by atoms with E-state index >= 15 is 0 Å². The fraction of sp³-hybridized carbons (Fsp3) is 0.529. The molecule has 1 atom stereocenters. The normalized spacial score (nSPS) is 11.8. The number of carboxylic acid groups (broad SMARTS) is 1. The predicted octanol–water partition coefficient (Wildman–Crippen LogP) is 2.42. The highest BCUT2D eigenvalue weighted by atomic mass is 19.1. The zero-order chi connectivity index (χ0) is 18.1. The first-order valence-electron chi connectivity index (χ1n) is 7.84. The quantitative estimate of drug-likeness (QED) is 0.662. The van der Waals surface area contributed by atoms with Crippen molar-refractivity contribution in [1.29, 1.82) is 0 Å². The lowest BCUT2D eigenvalue weighted by Gasteiger charge is -2.25. The minimum atomic E-state index is -0.978. The van der Waals surface area contributed by atoms with Gasteiger partial charge in [0.15, 0.2) is 11.6 Å². The van der Waals surface area contributed by atoms with Gasteiger partial charge < -0.3 is 19.5 Å². The van der Waals surface area contributed by atoms with Gasteiger partial charge in [0.2, 0.25) is 0 Å². The van der Waals surface area contributed by atoms with Crippen molar-refractivity contribution in [3.63, 3.8) is 0 Å². The van der Waals surface area contributed by atoms with Crippen molar-refractivity contribution in [2.75, 3.05) is 33.4 Å². The molecule has 1 rings (SSSR count). The number of amides is 1. The van der Waals surface area contributed by atoms with Crippen molar-refractivity contribution in [3.8, 4) is 5.75 Å². The molecule has 0 aromatic heterocycles. The molecule has 0 spiro atoms. The molecule has 0 aliphatic carbocycles. The van der Waals surface area contributed by atoms with Gasteiger partial charge in [-0.1, -0.05) is 6.92 Å². The number of ether oxygens (including phenoxy) is 2. The maximum atomic E-state index is 13.5. The van der Waals surface area contributed by atoms with Crippen LogP contribution < -0.4 is 4.74 Å². The van der Waals surface area contributed by atoms with E-state index in [4.69, 9.17) is 14.6 Å². The van der Waals surface area contributed by atoms with Crippen LogP contribution in [0.1, 0.15) is 30.6 Å². The molecule has 0 bridgehead atoms. The van der Waals surface area contributed by atoms with Crippen molar-refractivity contribution in [1.82, 2.24) is 4.90 Å².